The normalized spacial score (nSPS) is 18.6. The number of alkyl halides is 4. The summed E-state index contributed by atoms with van der Waals surface area (Å²) in [6.45, 7) is 1.15. The number of methoxy groups -OCH3 is 2. The van der Waals surface area contributed by atoms with Crippen molar-refractivity contribution in [3.05, 3.63) is 6.43 Å². The molecule has 167 valence electrons. The summed E-state index contributed by atoms with van der Waals surface area (Å²) in [5.74, 6) is -10.00. The predicted molar refractivity (Wildman–Crippen MR) is 95.5 cm³/mol. The molecule has 0 bridgehead atoms. The summed E-state index contributed by atoms with van der Waals surface area (Å²) < 4.78 is 92.5. The molecule has 1 aliphatic carbocycles. The van der Waals surface area contributed by atoms with Crippen molar-refractivity contribution >= 4 is 0 Å². The Morgan fingerprint density at radius 2 is 1.50 bits per heavy atom. The van der Waals surface area contributed by atoms with Gasteiger partial charge in [-0.15, -0.1) is 0 Å². The van der Waals surface area contributed by atoms with Crippen molar-refractivity contribution in [1.29, 1.82) is 0 Å². The SMILES string of the molecule is CCC(F)(F)CC(F)(F)CCCC(OC)(OC)C(CC1CCCCC1)[C](F)F. The minimum absolute atomic E-state index is 0.106. The van der Waals surface area contributed by atoms with E-state index < -0.39 is 49.2 Å². The summed E-state index contributed by atoms with van der Waals surface area (Å²) in [5, 5.41) is 0. The lowest BCUT2D eigenvalue weighted by atomic mass is 9.79. The molecule has 1 atom stereocenters. The maximum Gasteiger partial charge on any atom is 0.318 e. The minimum Gasteiger partial charge on any atom is -0.353 e. The van der Waals surface area contributed by atoms with Crippen molar-refractivity contribution < 1.29 is 35.8 Å². The molecule has 8 heteroatoms. The third-order valence-corrected chi connectivity index (χ3v) is 5.88. The van der Waals surface area contributed by atoms with Crippen molar-refractivity contribution in [2.75, 3.05) is 14.2 Å². The Labute approximate surface area is 164 Å². The predicted octanol–water partition coefficient (Wildman–Crippen LogP) is 7.23. The van der Waals surface area contributed by atoms with Gasteiger partial charge in [-0.3, -0.25) is 0 Å². The van der Waals surface area contributed by atoms with Crippen LogP contribution in [0.15, 0.2) is 0 Å². The van der Waals surface area contributed by atoms with Gasteiger partial charge < -0.3 is 9.47 Å². The number of halogens is 6. The minimum atomic E-state index is -3.58. The first-order valence-corrected chi connectivity index (χ1v) is 10.0. The van der Waals surface area contributed by atoms with Gasteiger partial charge in [0.25, 0.3) is 11.8 Å². The third kappa shape index (κ3) is 7.73. The summed E-state index contributed by atoms with van der Waals surface area (Å²) in [5.41, 5.74) is 0. The second-order valence-corrected chi connectivity index (χ2v) is 7.90. The molecule has 2 nitrogen and oxygen atoms in total. The third-order valence-electron chi connectivity index (χ3n) is 5.88. The molecule has 1 rings (SSSR count). The van der Waals surface area contributed by atoms with Gasteiger partial charge in [0.15, 0.2) is 5.79 Å². The first-order valence-electron chi connectivity index (χ1n) is 10.0. The van der Waals surface area contributed by atoms with E-state index in [9.17, 15) is 26.3 Å². The first-order chi connectivity index (χ1) is 13.0. The summed E-state index contributed by atoms with van der Waals surface area (Å²) in [6, 6.07) is 0. The van der Waals surface area contributed by atoms with E-state index in [0.29, 0.717) is 0 Å². The molecule has 1 fully saturated rings. The number of rotatable bonds is 13. The number of hydrogen-bond donors (Lipinski definition) is 0. The summed E-state index contributed by atoms with van der Waals surface area (Å²) in [7, 11) is 2.42. The molecular weight excluding hydrogens is 386 g/mol. The molecule has 0 aliphatic heterocycles. The smallest absolute Gasteiger partial charge is 0.318 e. The second kappa shape index (κ2) is 11.0. The van der Waals surface area contributed by atoms with Crippen molar-refractivity contribution in [2.24, 2.45) is 11.8 Å². The van der Waals surface area contributed by atoms with Gasteiger partial charge in [-0.25, -0.2) is 17.6 Å². The van der Waals surface area contributed by atoms with Crippen LogP contribution in [0.5, 0.6) is 0 Å². The summed E-state index contributed by atoms with van der Waals surface area (Å²) in [4.78, 5) is 0. The zero-order valence-electron chi connectivity index (χ0n) is 17.0. The standard InChI is InChI=1S/C20H33F6O2/c1-4-18(23,24)14-19(25,26)11-8-12-20(27-2,28-3)16(17(21)22)13-15-9-6-5-7-10-15/h15-16H,4-14H2,1-3H3. The first kappa shape index (κ1) is 25.5. The molecule has 1 unspecified atom stereocenters. The monoisotopic (exact) mass is 419 g/mol. The summed E-state index contributed by atoms with van der Waals surface area (Å²) in [6.07, 6.45) is -0.479. The molecule has 0 spiro atoms. The van der Waals surface area contributed by atoms with Gasteiger partial charge >= 0.3 is 6.43 Å². The molecule has 0 amide bonds. The molecule has 0 aromatic rings. The highest BCUT2D eigenvalue weighted by atomic mass is 19.3. The lowest BCUT2D eigenvalue weighted by Crippen LogP contribution is -2.45. The molecule has 0 aromatic heterocycles. The van der Waals surface area contributed by atoms with E-state index in [1.54, 1.807) is 0 Å². The van der Waals surface area contributed by atoms with Crippen molar-refractivity contribution in [1.82, 2.24) is 0 Å². The van der Waals surface area contributed by atoms with E-state index in [4.69, 9.17) is 9.47 Å². The maximum absolute atomic E-state index is 13.9. The molecule has 1 aliphatic rings. The topological polar surface area (TPSA) is 18.5 Å². The Kier molecular flexibility index (Phi) is 10.1. The molecular formula is C20H33F6O2. The largest absolute Gasteiger partial charge is 0.353 e. The van der Waals surface area contributed by atoms with Crippen molar-refractivity contribution in [3.63, 3.8) is 0 Å². The highest BCUT2D eigenvalue weighted by Gasteiger charge is 2.48. The highest BCUT2D eigenvalue weighted by molar-refractivity contribution is 4.91. The molecule has 0 N–H and O–H groups in total. The number of ether oxygens (including phenoxy) is 2. The molecule has 0 saturated heterocycles. The van der Waals surface area contributed by atoms with E-state index in [1.807, 2.05) is 0 Å². The van der Waals surface area contributed by atoms with Gasteiger partial charge in [0.05, 0.1) is 12.3 Å². The fraction of sp³-hybridized carbons (Fsp3) is 0.950. The van der Waals surface area contributed by atoms with E-state index in [2.05, 4.69) is 0 Å². The average Bonchev–Trinajstić information content (AvgIpc) is 2.63. The quantitative estimate of drug-likeness (QED) is 0.232. The molecule has 1 saturated carbocycles. The fourth-order valence-electron chi connectivity index (χ4n) is 4.12. The molecule has 0 aromatic carbocycles. The molecule has 1 radical (unpaired) electrons. The van der Waals surface area contributed by atoms with Crippen LogP contribution in [0.3, 0.4) is 0 Å². The van der Waals surface area contributed by atoms with Gasteiger partial charge in [-0.2, -0.15) is 8.78 Å². The van der Waals surface area contributed by atoms with Crippen molar-refractivity contribution in [3.8, 4) is 0 Å². The lowest BCUT2D eigenvalue weighted by Gasteiger charge is -2.39. The van der Waals surface area contributed by atoms with Crippen LogP contribution in [-0.4, -0.2) is 31.9 Å². The van der Waals surface area contributed by atoms with Gasteiger partial charge in [0.2, 0.25) is 0 Å². The van der Waals surface area contributed by atoms with Gasteiger partial charge in [0.1, 0.15) is 0 Å². The van der Waals surface area contributed by atoms with E-state index in [1.165, 1.54) is 14.2 Å². The van der Waals surface area contributed by atoms with Crippen LogP contribution in [-0.2, 0) is 9.47 Å². The maximum atomic E-state index is 13.9. The second-order valence-electron chi connectivity index (χ2n) is 7.90. The lowest BCUT2D eigenvalue weighted by molar-refractivity contribution is -0.255. The van der Waals surface area contributed by atoms with Crippen LogP contribution >= 0.6 is 0 Å². The van der Waals surface area contributed by atoms with Gasteiger partial charge in [-0.05, 0) is 18.8 Å². The zero-order chi connectivity index (χ0) is 21.4. The van der Waals surface area contributed by atoms with Crippen LogP contribution in [0.2, 0.25) is 0 Å². The fourth-order valence-corrected chi connectivity index (χ4v) is 4.12. The Bertz CT molecular complexity index is 434. The van der Waals surface area contributed by atoms with Crippen LogP contribution in [0.1, 0.15) is 77.6 Å². The van der Waals surface area contributed by atoms with Crippen molar-refractivity contribution in [2.45, 2.75) is 95.2 Å². The van der Waals surface area contributed by atoms with Crippen LogP contribution in [0, 0.1) is 18.3 Å². The van der Waals surface area contributed by atoms with E-state index in [-0.39, 0.29) is 25.2 Å². The Hall–Kier alpha value is -0.500. The Balaban J connectivity index is 2.78. The van der Waals surface area contributed by atoms with Gasteiger partial charge in [0, 0.05) is 33.5 Å². The van der Waals surface area contributed by atoms with Crippen LogP contribution < -0.4 is 0 Å². The summed E-state index contributed by atoms with van der Waals surface area (Å²) >= 11 is 0. The van der Waals surface area contributed by atoms with Gasteiger partial charge in [-0.1, -0.05) is 39.0 Å². The van der Waals surface area contributed by atoms with Crippen LogP contribution in [0.4, 0.5) is 26.3 Å². The Morgan fingerprint density at radius 1 is 0.929 bits per heavy atom. The van der Waals surface area contributed by atoms with Crippen LogP contribution in [0.25, 0.3) is 0 Å². The number of hydrogen-bond acceptors (Lipinski definition) is 2. The Morgan fingerprint density at radius 3 is 1.96 bits per heavy atom. The van der Waals surface area contributed by atoms with E-state index in [0.717, 1.165) is 39.0 Å². The molecule has 0 heterocycles. The van der Waals surface area contributed by atoms with E-state index >= 15 is 0 Å². The molecule has 28 heavy (non-hydrogen) atoms. The average molecular weight is 419 g/mol. The highest BCUT2D eigenvalue weighted by Crippen LogP contribution is 2.44. The zero-order valence-corrected chi connectivity index (χ0v) is 17.0.